The monoisotopic (exact) mass is 407 g/mol. The summed E-state index contributed by atoms with van der Waals surface area (Å²) in [5.74, 6) is -0.686. The van der Waals surface area contributed by atoms with Gasteiger partial charge >= 0.3 is 0 Å². The van der Waals surface area contributed by atoms with E-state index in [0.717, 1.165) is 41.8 Å². The molecule has 0 bridgehead atoms. The summed E-state index contributed by atoms with van der Waals surface area (Å²) in [6.45, 7) is 3.34. The number of benzene rings is 1. The minimum Gasteiger partial charge on any atom is -0.351 e. The predicted molar refractivity (Wildman–Crippen MR) is 109 cm³/mol. The molecule has 1 saturated carbocycles. The normalized spacial score (nSPS) is 24.5. The van der Waals surface area contributed by atoms with Crippen LogP contribution in [-0.4, -0.2) is 55.5 Å². The first-order chi connectivity index (χ1) is 13.2. The molecule has 1 N–H and O–H groups in total. The van der Waals surface area contributed by atoms with Crippen LogP contribution in [-0.2, 0) is 26.0 Å². The number of amides is 2. The summed E-state index contributed by atoms with van der Waals surface area (Å²) >= 11 is 0. The number of carbonyl (C=O) groups is 2. The molecule has 1 aromatic carbocycles. The maximum absolute atomic E-state index is 13.4. The summed E-state index contributed by atoms with van der Waals surface area (Å²) in [5, 5.41) is 3.06. The van der Waals surface area contributed by atoms with E-state index >= 15 is 0 Å². The van der Waals surface area contributed by atoms with E-state index in [1.54, 1.807) is 6.92 Å². The Morgan fingerprint density at radius 3 is 2.50 bits per heavy atom. The molecule has 1 aromatic rings. The Hall–Kier alpha value is -1.93. The molecule has 28 heavy (non-hydrogen) atoms. The van der Waals surface area contributed by atoms with Gasteiger partial charge in [-0.15, -0.1) is 0 Å². The van der Waals surface area contributed by atoms with Gasteiger partial charge in [-0.1, -0.05) is 38.0 Å². The fourth-order valence-electron chi connectivity index (χ4n) is 4.21. The Morgan fingerprint density at radius 1 is 1.25 bits per heavy atom. The zero-order chi connectivity index (χ0) is 20.5. The van der Waals surface area contributed by atoms with Crippen molar-refractivity contribution in [2.75, 3.05) is 24.2 Å². The predicted octanol–water partition coefficient (Wildman–Crippen LogP) is 1.67. The zero-order valence-corrected chi connectivity index (χ0v) is 17.6. The van der Waals surface area contributed by atoms with Crippen molar-refractivity contribution in [1.82, 2.24) is 9.62 Å². The third kappa shape index (κ3) is 3.93. The third-order valence-corrected chi connectivity index (χ3v) is 7.00. The molecule has 0 aromatic heterocycles. The number of aryl methyl sites for hydroxylation is 1. The molecule has 1 saturated heterocycles. The molecule has 1 aliphatic heterocycles. The maximum atomic E-state index is 13.4. The first-order valence-corrected chi connectivity index (χ1v) is 11.7. The van der Waals surface area contributed by atoms with Gasteiger partial charge in [0, 0.05) is 18.3 Å². The highest BCUT2D eigenvalue weighted by atomic mass is 32.2. The third-order valence-electron chi connectivity index (χ3n) is 5.80. The molecule has 0 radical (unpaired) electrons. The van der Waals surface area contributed by atoms with Crippen LogP contribution in [0.1, 0.15) is 45.1 Å². The summed E-state index contributed by atoms with van der Waals surface area (Å²) in [6.07, 6.45) is 5.74. The number of hydrogen-bond donors (Lipinski definition) is 1. The number of carbonyl (C=O) groups excluding carboxylic acids is 2. The lowest BCUT2D eigenvalue weighted by atomic mass is 9.92. The van der Waals surface area contributed by atoms with Crippen molar-refractivity contribution in [1.29, 1.82) is 0 Å². The van der Waals surface area contributed by atoms with Crippen LogP contribution in [0.2, 0.25) is 0 Å². The first-order valence-electron chi connectivity index (χ1n) is 9.84. The molecule has 2 aliphatic rings. The van der Waals surface area contributed by atoms with Crippen molar-refractivity contribution >= 4 is 27.5 Å². The van der Waals surface area contributed by atoms with Crippen LogP contribution in [0.15, 0.2) is 24.3 Å². The van der Waals surface area contributed by atoms with E-state index in [0.29, 0.717) is 12.1 Å². The molecule has 3 rings (SSSR count). The molecular formula is C20H29N3O4S. The molecule has 2 amide bonds. The average Bonchev–Trinajstić information content (AvgIpc) is 3.13. The highest BCUT2D eigenvalue weighted by Gasteiger charge is 2.51. The second kappa shape index (κ2) is 7.83. The SMILES string of the molecule is CCc1ccccc1N1C(=O)CN(S(C)(=O)=O)C[C@@]1(C)C(=O)NC1CCCC1. The number of nitrogens with one attached hydrogen (secondary N) is 1. The summed E-state index contributed by atoms with van der Waals surface area (Å²) < 4.78 is 25.5. The minimum absolute atomic E-state index is 0.0613. The fourth-order valence-corrected chi connectivity index (χ4v) is 5.04. The van der Waals surface area contributed by atoms with Crippen LogP contribution in [0.25, 0.3) is 0 Å². The van der Waals surface area contributed by atoms with Crippen molar-refractivity contribution in [3.8, 4) is 0 Å². The van der Waals surface area contributed by atoms with Gasteiger partial charge in [0.2, 0.25) is 21.8 Å². The van der Waals surface area contributed by atoms with Gasteiger partial charge in [0.1, 0.15) is 5.54 Å². The molecule has 2 fully saturated rings. The number of rotatable bonds is 5. The lowest BCUT2D eigenvalue weighted by Crippen LogP contribution is -2.70. The Kier molecular flexibility index (Phi) is 5.82. The molecular weight excluding hydrogens is 378 g/mol. The smallest absolute Gasteiger partial charge is 0.247 e. The molecule has 0 spiro atoms. The van der Waals surface area contributed by atoms with Crippen molar-refractivity contribution in [3.63, 3.8) is 0 Å². The summed E-state index contributed by atoms with van der Waals surface area (Å²) in [5.41, 5.74) is 0.308. The van der Waals surface area contributed by atoms with Crippen molar-refractivity contribution < 1.29 is 18.0 Å². The number of para-hydroxylation sites is 1. The van der Waals surface area contributed by atoms with Gasteiger partial charge in [-0.25, -0.2) is 8.42 Å². The molecule has 8 heteroatoms. The first kappa shape index (κ1) is 20.8. The summed E-state index contributed by atoms with van der Waals surface area (Å²) in [4.78, 5) is 28.0. The van der Waals surface area contributed by atoms with E-state index in [9.17, 15) is 18.0 Å². The summed E-state index contributed by atoms with van der Waals surface area (Å²) in [6, 6.07) is 7.57. The van der Waals surface area contributed by atoms with Crippen LogP contribution < -0.4 is 10.2 Å². The second-order valence-corrected chi connectivity index (χ2v) is 9.95. The molecule has 0 unspecified atom stereocenters. The molecule has 154 valence electrons. The fraction of sp³-hybridized carbons (Fsp3) is 0.600. The lowest BCUT2D eigenvalue weighted by molar-refractivity contribution is -0.133. The number of anilines is 1. The van der Waals surface area contributed by atoms with Gasteiger partial charge in [0.05, 0.1) is 12.8 Å². The van der Waals surface area contributed by atoms with Crippen LogP contribution in [0.4, 0.5) is 5.69 Å². The number of sulfonamides is 1. The van der Waals surface area contributed by atoms with Crippen LogP contribution in [0.3, 0.4) is 0 Å². The molecule has 7 nitrogen and oxygen atoms in total. The minimum atomic E-state index is -3.61. The lowest BCUT2D eigenvalue weighted by Gasteiger charge is -2.47. The van der Waals surface area contributed by atoms with Crippen LogP contribution >= 0.6 is 0 Å². The average molecular weight is 408 g/mol. The van der Waals surface area contributed by atoms with Crippen LogP contribution in [0.5, 0.6) is 0 Å². The number of hydrogen-bond acceptors (Lipinski definition) is 4. The number of piperazine rings is 1. The standard InChI is InChI=1S/C20H29N3O4S/c1-4-15-9-5-8-12-17(15)23-18(24)13-22(28(3,26)27)14-20(23,2)19(25)21-16-10-6-7-11-16/h5,8-9,12,16H,4,6-7,10-11,13-14H2,1-3H3,(H,21,25)/t20-/m0/s1. The largest absolute Gasteiger partial charge is 0.351 e. The Bertz CT molecular complexity index is 864. The maximum Gasteiger partial charge on any atom is 0.247 e. The Labute approximate surface area is 167 Å². The quantitative estimate of drug-likeness (QED) is 0.804. The van der Waals surface area contributed by atoms with Gasteiger partial charge in [-0.05, 0) is 37.8 Å². The van der Waals surface area contributed by atoms with Crippen molar-refractivity contribution in [3.05, 3.63) is 29.8 Å². The van der Waals surface area contributed by atoms with E-state index in [2.05, 4.69) is 5.32 Å². The number of nitrogens with zero attached hydrogens (tertiary/aromatic N) is 2. The van der Waals surface area contributed by atoms with Crippen LogP contribution in [0, 0.1) is 0 Å². The highest BCUT2D eigenvalue weighted by Crippen LogP contribution is 2.33. The van der Waals surface area contributed by atoms with E-state index in [1.165, 1.54) is 4.90 Å². The van der Waals surface area contributed by atoms with Gasteiger partial charge in [0.25, 0.3) is 0 Å². The topological polar surface area (TPSA) is 86.8 Å². The second-order valence-electron chi connectivity index (χ2n) is 7.97. The molecule has 1 aliphatic carbocycles. The zero-order valence-electron chi connectivity index (χ0n) is 16.8. The summed E-state index contributed by atoms with van der Waals surface area (Å²) in [7, 11) is -3.61. The van der Waals surface area contributed by atoms with Gasteiger partial charge in [0.15, 0.2) is 0 Å². The Balaban J connectivity index is 2.04. The Morgan fingerprint density at radius 2 is 1.89 bits per heavy atom. The van der Waals surface area contributed by atoms with Gasteiger partial charge < -0.3 is 5.32 Å². The van der Waals surface area contributed by atoms with E-state index < -0.39 is 15.6 Å². The molecule has 1 heterocycles. The van der Waals surface area contributed by atoms with E-state index in [1.807, 2.05) is 31.2 Å². The van der Waals surface area contributed by atoms with Crippen molar-refractivity contribution in [2.24, 2.45) is 0 Å². The molecule has 1 atom stereocenters. The highest BCUT2D eigenvalue weighted by molar-refractivity contribution is 7.88. The van der Waals surface area contributed by atoms with Gasteiger partial charge in [-0.3, -0.25) is 14.5 Å². The van der Waals surface area contributed by atoms with E-state index in [-0.39, 0.29) is 30.9 Å². The van der Waals surface area contributed by atoms with E-state index in [4.69, 9.17) is 0 Å². The van der Waals surface area contributed by atoms with Gasteiger partial charge in [-0.2, -0.15) is 4.31 Å². The van der Waals surface area contributed by atoms with Crippen molar-refractivity contribution in [2.45, 2.75) is 57.5 Å².